The van der Waals surface area contributed by atoms with Crippen LogP contribution in [0.25, 0.3) is 21.4 Å². The number of carbonyl (C=O) groups excluding carboxylic acids is 1. The topological polar surface area (TPSA) is 59.8 Å². The van der Waals surface area contributed by atoms with E-state index in [0.29, 0.717) is 16.0 Å². The molecule has 0 aliphatic carbocycles. The van der Waals surface area contributed by atoms with E-state index in [1.54, 1.807) is 22.1 Å². The van der Waals surface area contributed by atoms with Gasteiger partial charge in [-0.05, 0) is 43.0 Å². The van der Waals surface area contributed by atoms with Crippen molar-refractivity contribution in [3.05, 3.63) is 62.9 Å². The van der Waals surface area contributed by atoms with Crippen LogP contribution in [0.5, 0.6) is 0 Å². The number of thiazole rings is 1. The minimum absolute atomic E-state index is 0.222. The number of hydrogen-bond acceptors (Lipinski definition) is 5. The number of nitrogens with one attached hydrogen (secondary N) is 1. The number of anilines is 1. The summed E-state index contributed by atoms with van der Waals surface area (Å²) in [7, 11) is 0. The number of fused-ring (bicyclic) bond motifs is 1. The van der Waals surface area contributed by atoms with Gasteiger partial charge in [0.1, 0.15) is 5.82 Å². The van der Waals surface area contributed by atoms with E-state index in [2.05, 4.69) is 15.4 Å². The summed E-state index contributed by atoms with van der Waals surface area (Å²) < 4.78 is 2.56. The zero-order valence-electron chi connectivity index (χ0n) is 14.6. The Labute approximate surface area is 168 Å². The van der Waals surface area contributed by atoms with Crippen LogP contribution in [-0.2, 0) is 4.79 Å². The maximum absolute atomic E-state index is 12.3. The summed E-state index contributed by atoms with van der Waals surface area (Å²) in [5.74, 6) is 0.348. The lowest BCUT2D eigenvalue weighted by atomic mass is 10.2. The number of nitrogens with zero attached hydrogens (tertiary/aromatic N) is 3. The Morgan fingerprint density at radius 1 is 1.30 bits per heavy atom. The fourth-order valence-corrected chi connectivity index (χ4v) is 4.53. The van der Waals surface area contributed by atoms with Crippen molar-refractivity contribution in [3.63, 3.8) is 0 Å². The molecule has 8 heteroatoms. The fraction of sp³-hybridized carbons (Fsp3) is 0.105. The van der Waals surface area contributed by atoms with Gasteiger partial charge in [0.2, 0.25) is 11.0 Å². The Morgan fingerprint density at radius 2 is 2.15 bits per heavy atom. The van der Waals surface area contributed by atoms with Crippen LogP contribution in [-0.4, -0.2) is 20.7 Å². The van der Waals surface area contributed by atoms with Gasteiger partial charge in [-0.15, -0.1) is 11.3 Å². The van der Waals surface area contributed by atoms with Crippen molar-refractivity contribution in [2.24, 2.45) is 0 Å². The summed E-state index contributed by atoms with van der Waals surface area (Å²) in [6.45, 7) is 3.87. The van der Waals surface area contributed by atoms with Crippen LogP contribution in [0.2, 0.25) is 5.02 Å². The third-order valence-corrected chi connectivity index (χ3v) is 6.22. The van der Waals surface area contributed by atoms with Crippen molar-refractivity contribution in [2.75, 3.05) is 5.32 Å². The van der Waals surface area contributed by atoms with E-state index < -0.39 is 0 Å². The normalized spacial score (nSPS) is 11.5. The highest BCUT2D eigenvalue weighted by atomic mass is 35.5. The molecule has 4 rings (SSSR count). The Kier molecular flexibility index (Phi) is 4.82. The number of amides is 1. The van der Waals surface area contributed by atoms with Crippen molar-refractivity contribution in [3.8, 4) is 5.13 Å². The fourth-order valence-electron chi connectivity index (χ4n) is 2.63. The molecule has 0 fully saturated rings. The molecule has 4 aromatic rings. The molecule has 0 atom stereocenters. The van der Waals surface area contributed by atoms with Crippen molar-refractivity contribution in [2.45, 2.75) is 13.8 Å². The number of benzene rings is 1. The van der Waals surface area contributed by atoms with E-state index in [9.17, 15) is 4.79 Å². The summed E-state index contributed by atoms with van der Waals surface area (Å²) in [4.78, 5) is 18.0. The molecule has 0 bridgehead atoms. The number of aryl methyl sites for hydroxylation is 2. The van der Waals surface area contributed by atoms with E-state index >= 15 is 0 Å². The molecule has 0 aliphatic heterocycles. The van der Waals surface area contributed by atoms with Gasteiger partial charge in [-0.1, -0.05) is 35.1 Å². The average molecular weight is 415 g/mol. The molecule has 1 aromatic carbocycles. The molecular weight excluding hydrogens is 400 g/mol. The van der Waals surface area contributed by atoms with Crippen molar-refractivity contribution < 1.29 is 4.79 Å². The van der Waals surface area contributed by atoms with Crippen LogP contribution in [0.1, 0.15) is 16.1 Å². The molecule has 0 radical (unpaired) electrons. The summed E-state index contributed by atoms with van der Waals surface area (Å²) >= 11 is 9.33. The highest BCUT2D eigenvalue weighted by molar-refractivity contribution is 7.21. The Bertz CT molecular complexity index is 1120. The first kappa shape index (κ1) is 17.9. The zero-order valence-corrected chi connectivity index (χ0v) is 17.0. The van der Waals surface area contributed by atoms with Gasteiger partial charge >= 0.3 is 0 Å². The molecule has 0 saturated heterocycles. The van der Waals surface area contributed by atoms with E-state index in [1.807, 2.05) is 49.6 Å². The molecule has 27 heavy (non-hydrogen) atoms. The van der Waals surface area contributed by atoms with Crippen LogP contribution in [0.4, 0.5) is 5.82 Å². The molecule has 0 saturated carbocycles. The number of hydrogen-bond donors (Lipinski definition) is 1. The lowest BCUT2D eigenvalue weighted by Crippen LogP contribution is -2.12. The van der Waals surface area contributed by atoms with Crippen LogP contribution < -0.4 is 5.32 Å². The summed E-state index contributed by atoms with van der Waals surface area (Å²) in [5, 5.41) is 10.6. The van der Waals surface area contributed by atoms with E-state index in [1.165, 1.54) is 17.4 Å². The summed E-state index contributed by atoms with van der Waals surface area (Å²) in [6, 6.07) is 9.53. The summed E-state index contributed by atoms with van der Waals surface area (Å²) in [6.07, 6.45) is 3.30. The smallest absolute Gasteiger partial charge is 0.249 e. The van der Waals surface area contributed by atoms with Crippen molar-refractivity contribution in [1.29, 1.82) is 0 Å². The van der Waals surface area contributed by atoms with Gasteiger partial charge in [0.05, 0.1) is 20.9 Å². The maximum atomic E-state index is 12.3. The predicted molar refractivity (Wildman–Crippen MR) is 113 cm³/mol. The Hall–Kier alpha value is -2.48. The molecule has 0 aliphatic rings. The van der Waals surface area contributed by atoms with Gasteiger partial charge in [-0.2, -0.15) is 9.78 Å². The predicted octanol–water partition coefficient (Wildman–Crippen LogP) is 5.47. The van der Waals surface area contributed by atoms with Gasteiger partial charge in [0.15, 0.2) is 0 Å². The lowest BCUT2D eigenvalue weighted by molar-refractivity contribution is -0.111. The molecule has 5 nitrogen and oxygen atoms in total. The number of aromatic nitrogens is 3. The van der Waals surface area contributed by atoms with Crippen LogP contribution in [0.15, 0.2) is 41.8 Å². The average Bonchev–Trinajstić information content (AvgIpc) is 3.36. The second-order valence-electron chi connectivity index (χ2n) is 5.96. The SMILES string of the molecule is Cc1cc(NC(=O)/C=C/c2cccs2)n(-c2nc3c(C)ccc(Cl)c3s2)n1. The van der Waals surface area contributed by atoms with Crippen LogP contribution in [0.3, 0.4) is 0 Å². The van der Waals surface area contributed by atoms with Gasteiger partial charge < -0.3 is 5.32 Å². The largest absolute Gasteiger partial charge is 0.307 e. The van der Waals surface area contributed by atoms with Crippen molar-refractivity contribution in [1.82, 2.24) is 14.8 Å². The van der Waals surface area contributed by atoms with E-state index in [-0.39, 0.29) is 5.91 Å². The number of rotatable bonds is 4. The molecule has 3 heterocycles. The minimum atomic E-state index is -0.222. The number of halogens is 1. The van der Waals surface area contributed by atoms with Gasteiger partial charge in [0.25, 0.3) is 0 Å². The van der Waals surface area contributed by atoms with Crippen LogP contribution in [0, 0.1) is 13.8 Å². The molecule has 136 valence electrons. The first-order valence-corrected chi connectivity index (χ1v) is 10.2. The van der Waals surface area contributed by atoms with Crippen molar-refractivity contribution >= 4 is 62.3 Å². The maximum Gasteiger partial charge on any atom is 0.249 e. The molecule has 0 unspecified atom stereocenters. The molecule has 1 amide bonds. The molecular formula is C19H15ClN4OS2. The van der Waals surface area contributed by atoms with E-state index in [0.717, 1.165) is 26.4 Å². The quantitative estimate of drug-likeness (QED) is 0.450. The first-order valence-electron chi connectivity index (χ1n) is 8.16. The second kappa shape index (κ2) is 7.26. The Balaban J connectivity index is 1.66. The standard InChI is InChI=1S/C19H15ClN4OS2/c1-11-5-7-14(20)18-17(11)22-19(27-18)24-15(10-12(2)23-24)21-16(25)8-6-13-4-3-9-26-13/h3-10H,1-2H3,(H,21,25)/b8-6+. The monoisotopic (exact) mass is 414 g/mol. The van der Waals surface area contributed by atoms with Crippen LogP contribution >= 0.6 is 34.3 Å². The lowest BCUT2D eigenvalue weighted by Gasteiger charge is -2.03. The third-order valence-electron chi connectivity index (χ3n) is 3.89. The highest BCUT2D eigenvalue weighted by Gasteiger charge is 2.16. The zero-order chi connectivity index (χ0) is 19.0. The summed E-state index contributed by atoms with van der Waals surface area (Å²) in [5.41, 5.74) is 2.69. The van der Waals surface area contributed by atoms with Gasteiger partial charge in [-0.25, -0.2) is 4.98 Å². The first-order chi connectivity index (χ1) is 13.0. The highest BCUT2D eigenvalue weighted by Crippen LogP contribution is 2.34. The minimum Gasteiger partial charge on any atom is -0.307 e. The Morgan fingerprint density at radius 3 is 2.89 bits per heavy atom. The molecule has 3 aromatic heterocycles. The molecule has 1 N–H and O–H groups in total. The van der Waals surface area contributed by atoms with E-state index in [4.69, 9.17) is 11.6 Å². The van der Waals surface area contributed by atoms with Gasteiger partial charge in [-0.3, -0.25) is 4.79 Å². The third kappa shape index (κ3) is 3.66. The molecule has 0 spiro atoms. The number of thiophene rings is 1. The number of carbonyl (C=O) groups is 1. The van der Waals surface area contributed by atoms with Gasteiger partial charge in [0, 0.05) is 17.0 Å². The second-order valence-corrected chi connectivity index (χ2v) is 8.32.